The van der Waals surface area contributed by atoms with E-state index in [0.29, 0.717) is 6.42 Å². The standard InChI is InChI=1S/C18H36O2.2O.Zr/c1-2-3-4-5-6-7-8-9-10-11-12-13-14-15-16-17-18(19)20;;;/h2-17H2,1H3,(H,19,20);;;/q;2*-2;+4. The number of carboxylic acid groups (broad SMARTS) is 1. The van der Waals surface area contributed by atoms with Crippen LogP contribution in [0.25, 0.3) is 0 Å². The normalized spacial score (nSPS) is 9.43. The van der Waals surface area contributed by atoms with E-state index in [0.717, 1.165) is 12.8 Å². The molecule has 0 spiro atoms. The molecular weight excluding hydrogens is 371 g/mol. The number of unbranched alkanes of at least 4 members (excludes halogenated alkanes) is 14. The minimum Gasteiger partial charge on any atom is -2.00 e. The molecule has 136 valence electrons. The fraction of sp³-hybridized carbons (Fsp3) is 0.944. The van der Waals surface area contributed by atoms with Gasteiger partial charge in [-0.3, -0.25) is 4.79 Å². The Morgan fingerprint density at radius 3 is 1.13 bits per heavy atom. The van der Waals surface area contributed by atoms with Crippen molar-refractivity contribution in [2.75, 3.05) is 0 Å². The average molecular weight is 408 g/mol. The van der Waals surface area contributed by atoms with Gasteiger partial charge in [-0.05, 0) is 6.42 Å². The van der Waals surface area contributed by atoms with Gasteiger partial charge < -0.3 is 16.1 Å². The third-order valence-corrected chi connectivity index (χ3v) is 3.99. The van der Waals surface area contributed by atoms with Crippen molar-refractivity contribution in [3.63, 3.8) is 0 Å². The van der Waals surface area contributed by atoms with Crippen LogP contribution >= 0.6 is 0 Å². The Morgan fingerprint density at radius 2 is 0.870 bits per heavy atom. The molecule has 0 saturated carbocycles. The van der Waals surface area contributed by atoms with Crippen molar-refractivity contribution in [1.82, 2.24) is 0 Å². The van der Waals surface area contributed by atoms with E-state index in [1.807, 2.05) is 0 Å². The van der Waals surface area contributed by atoms with Crippen molar-refractivity contribution in [2.45, 2.75) is 110 Å². The third-order valence-electron chi connectivity index (χ3n) is 3.99. The molecule has 0 atom stereocenters. The first-order valence-corrected chi connectivity index (χ1v) is 8.99. The number of hydrogen-bond acceptors (Lipinski definition) is 1. The third kappa shape index (κ3) is 30.7. The molecule has 23 heavy (non-hydrogen) atoms. The van der Waals surface area contributed by atoms with Gasteiger partial charge in [0.25, 0.3) is 0 Å². The maximum Gasteiger partial charge on any atom is 4.00 e. The van der Waals surface area contributed by atoms with Gasteiger partial charge in [-0.25, -0.2) is 0 Å². The van der Waals surface area contributed by atoms with E-state index in [1.54, 1.807) is 0 Å². The summed E-state index contributed by atoms with van der Waals surface area (Å²) in [6.07, 6.45) is 20.2. The maximum atomic E-state index is 10.3. The summed E-state index contributed by atoms with van der Waals surface area (Å²) < 4.78 is 0. The first kappa shape index (κ1) is 31.1. The van der Waals surface area contributed by atoms with E-state index >= 15 is 0 Å². The molecule has 0 saturated heterocycles. The van der Waals surface area contributed by atoms with E-state index in [1.165, 1.54) is 83.5 Å². The second kappa shape index (κ2) is 27.1. The molecule has 0 aliphatic heterocycles. The summed E-state index contributed by atoms with van der Waals surface area (Å²) in [6, 6.07) is 0. The second-order valence-corrected chi connectivity index (χ2v) is 6.09. The van der Waals surface area contributed by atoms with Crippen molar-refractivity contribution in [2.24, 2.45) is 0 Å². The van der Waals surface area contributed by atoms with Crippen LogP contribution in [0.15, 0.2) is 0 Å². The summed E-state index contributed by atoms with van der Waals surface area (Å²) in [5.74, 6) is -0.653. The molecule has 0 aromatic rings. The predicted molar refractivity (Wildman–Crippen MR) is 88.6 cm³/mol. The van der Waals surface area contributed by atoms with Crippen LogP contribution in [0.5, 0.6) is 0 Å². The second-order valence-electron chi connectivity index (χ2n) is 6.09. The van der Waals surface area contributed by atoms with Gasteiger partial charge >= 0.3 is 32.2 Å². The van der Waals surface area contributed by atoms with E-state index in [-0.39, 0.29) is 37.2 Å². The van der Waals surface area contributed by atoms with Crippen LogP contribution < -0.4 is 0 Å². The fourth-order valence-electron chi connectivity index (χ4n) is 2.65. The molecule has 0 bridgehead atoms. The quantitative estimate of drug-likeness (QED) is 0.313. The van der Waals surface area contributed by atoms with Crippen LogP contribution in [-0.4, -0.2) is 11.1 Å². The number of aliphatic carboxylic acids is 1. The molecule has 1 N–H and O–H groups in total. The van der Waals surface area contributed by atoms with Crippen LogP contribution in [-0.2, 0) is 42.0 Å². The molecule has 0 heterocycles. The topological polar surface area (TPSA) is 94.3 Å². The zero-order valence-electron chi connectivity index (χ0n) is 15.0. The number of carboxylic acids is 1. The Morgan fingerprint density at radius 1 is 0.609 bits per heavy atom. The summed E-state index contributed by atoms with van der Waals surface area (Å²) >= 11 is 0. The molecule has 0 aliphatic carbocycles. The molecule has 4 nitrogen and oxygen atoms in total. The summed E-state index contributed by atoms with van der Waals surface area (Å²) in [6.45, 7) is 2.27. The SMILES string of the molecule is CCCCCCCCCCCCCCCCCC(=O)O.[O-2].[O-2].[Zr+4]. The van der Waals surface area contributed by atoms with E-state index < -0.39 is 5.97 Å². The summed E-state index contributed by atoms with van der Waals surface area (Å²) in [5.41, 5.74) is 0. The number of hydrogen-bond donors (Lipinski definition) is 1. The van der Waals surface area contributed by atoms with Crippen LogP contribution in [0.1, 0.15) is 110 Å². The van der Waals surface area contributed by atoms with Crippen LogP contribution in [0.2, 0.25) is 0 Å². The van der Waals surface area contributed by atoms with Gasteiger partial charge in [0.15, 0.2) is 0 Å². The van der Waals surface area contributed by atoms with Gasteiger partial charge in [0.05, 0.1) is 0 Å². The Kier molecular flexibility index (Phi) is 36.7. The Bertz CT molecular complexity index is 213. The minimum atomic E-state index is -0.653. The van der Waals surface area contributed by atoms with E-state index in [9.17, 15) is 4.79 Å². The first-order valence-electron chi connectivity index (χ1n) is 8.99. The predicted octanol–water partition coefficient (Wildman–Crippen LogP) is 6.09. The smallest absolute Gasteiger partial charge is 2.00 e. The maximum absolute atomic E-state index is 10.3. The van der Waals surface area contributed by atoms with Crippen molar-refractivity contribution in [3.8, 4) is 0 Å². The summed E-state index contributed by atoms with van der Waals surface area (Å²) in [5, 5.41) is 8.52. The van der Waals surface area contributed by atoms with E-state index in [2.05, 4.69) is 6.92 Å². The Labute approximate surface area is 162 Å². The van der Waals surface area contributed by atoms with Crippen LogP contribution in [0, 0.1) is 0 Å². The minimum absolute atomic E-state index is 0. The molecule has 0 fully saturated rings. The largest absolute Gasteiger partial charge is 4.00 e. The molecular formula is C18H36O4Zr. The van der Waals surface area contributed by atoms with E-state index in [4.69, 9.17) is 5.11 Å². The zero-order chi connectivity index (χ0) is 14.9. The van der Waals surface area contributed by atoms with Crippen molar-refractivity contribution < 1.29 is 47.1 Å². The van der Waals surface area contributed by atoms with Gasteiger partial charge in [-0.1, -0.05) is 96.8 Å². The van der Waals surface area contributed by atoms with Gasteiger partial charge in [0.2, 0.25) is 0 Å². The molecule has 0 aromatic carbocycles. The molecule has 5 heteroatoms. The van der Waals surface area contributed by atoms with Gasteiger partial charge in [-0.2, -0.15) is 0 Å². The van der Waals surface area contributed by atoms with Crippen molar-refractivity contribution in [1.29, 1.82) is 0 Å². The van der Waals surface area contributed by atoms with Gasteiger partial charge in [0.1, 0.15) is 0 Å². The molecule has 0 aliphatic rings. The molecule has 0 amide bonds. The molecule has 0 radical (unpaired) electrons. The monoisotopic (exact) mass is 406 g/mol. The summed E-state index contributed by atoms with van der Waals surface area (Å²) in [7, 11) is 0. The molecule has 0 unspecified atom stereocenters. The average Bonchev–Trinajstić information content (AvgIpc) is 2.43. The van der Waals surface area contributed by atoms with Crippen molar-refractivity contribution in [3.05, 3.63) is 0 Å². The van der Waals surface area contributed by atoms with Crippen LogP contribution in [0.3, 0.4) is 0 Å². The Hall–Kier alpha value is 0.273. The fourth-order valence-corrected chi connectivity index (χ4v) is 2.65. The van der Waals surface area contributed by atoms with Gasteiger partial charge in [0, 0.05) is 6.42 Å². The van der Waals surface area contributed by atoms with Crippen molar-refractivity contribution >= 4 is 5.97 Å². The van der Waals surface area contributed by atoms with Gasteiger partial charge in [-0.15, -0.1) is 0 Å². The first-order chi connectivity index (χ1) is 9.77. The number of carbonyl (C=O) groups is 1. The van der Waals surface area contributed by atoms with Crippen LogP contribution in [0.4, 0.5) is 0 Å². The molecule has 0 rings (SSSR count). The molecule has 0 aromatic heterocycles. The summed E-state index contributed by atoms with van der Waals surface area (Å²) in [4.78, 5) is 10.3. The zero-order valence-corrected chi connectivity index (χ0v) is 17.4. The Balaban J connectivity index is -0.000000602. The number of rotatable bonds is 16.